The second kappa shape index (κ2) is 10.6. The molecule has 0 spiro atoms. The molecule has 0 amide bonds. The number of aromatic nitrogens is 3. The highest BCUT2D eigenvalue weighted by molar-refractivity contribution is 7.92. The highest BCUT2D eigenvalue weighted by Crippen LogP contribution is 2.36. The number of hydrogen-bond acceptors (Lipinski definition) is 7. The molecular formula is C26H37F2N5O4S. The molecule has 0 unspecified atom stereocenters. The Balaban J connectivity index is 1.70. The number of alkyl halides is 2. The smallest absolute Gasteiger partial charge is 0.333 e. The molecule has 2 aliphatic rings. The molecule has 3 atom stereocenters. The van der Waals surface area contributed by atoms with Gasteiger partial charge in [0.15, 0.2) is 0 Å². The molecular weight excluding hydrogens is 516 g/mol. The Kier molecular flexibility index (Phi) is 7.98. The summed E-state index contributed by atoms with van der Waals surface area (Å²) < 4.78 is 56.0. The first-order valence-electron chi connectivity index (χ1n) is 12.9. The minimum absolute atomic E-state index is 0.0186. The molecule has 38 heavy (non-hydrogen) atoms. The van der Waals surface area contributed by atoms with Crippen molar-refractivity contribution < 1.29 is 27.1 Å². The first kappa shape index (κ1) is 28.6. The number of aliphatic hydroxyl groups excluding tert-OH is 1. The lowest BCUT2D eigenvalue weighted by Crippen LogP contribution is -2.44. The summed E-state index contributed by atoms with van der Waals surface area (Å²) in [4.78, 5) is 19.3. The van der Waals surface area contributed by atoms with E-state index in [9.17, 15) is 27.1 Å². The molecule has 210 valence electrons. The number of halogens is 2. The number of rotatable bonds is 8. The number of anilines is 1. The van der Waals surface area contributed by atoms with Crippen LogP contribution in [0.3, 0.4) is 0 Å². The van der Waals surface area contributed by atoms with Gasteiger partial charge in [0.1, 0.15) is 10.7 Å². The van der Waals surface area contributed by atoms with Crippen LogP contribution in [0, 0.1) is 24.2 Å². The number of aryl methyl sites for hydroxylation is 1. The molecule has 1 saturated heterocycles. The molecule has 12 heteroatoms. The van der Waals surface area contributed by atoms with Crippen LogP contribution in [-0.2, 0) is 27.7 Å². The largest absolute Gasteiger partial charge is 0.392 e. The van der Waals surface area contributed by atoms with E-state index < -0.39 is 22.7 Å². The van der Waals surface area contributed by atoms with Crippen LogP contribution in [0.2, 0.25) is 0 Å². The number of pyridine rings is 1. The van der Waals surface area contributed by atoms with Crippen LogP contribution in [0.15, 0.2) is 23.4 Å². The Morgan fingerprint density at radius 3 is 2.55 bits per heavy atom. The second-order valence-corrected chi connectivity index (χ2v) is 13.5. The van der Waals surface area contributed by atoms with Gasteiger partial charge in [0, 0.05) is 44.7 Å². The average Bonchev–Trinajstić information content (AvgIpc) is 3.43. The van der Waals surface area contributed by atoms with Gasteiger partial charge in [0.2, 0.25) is 0 Å². The van der Waals surface area contributed by atoms with E-state index in [4.69, 9.17) is 0 Å². The maximum Gasteiger partial charge on any atom is 0.333 e. The fraction of sp³-hybridized carbons (Fsp3) is 0.654. The highest BCUT2D eigenvalue weighted by Gasteiger charge is 2.38. The number of likely N-dealkylation sites (tertiary alicyclic amines) is 1. The second-order valence-electron chi connectivity index (χ2n) is 11.7. The van der Waals surface area contributed by atoms with Gasteiger partial charge >= 0.3 is 6.55 Å². The summed E-state index contributed by atoms with van der Waals surface area (Å²) in [6, 6.07) is 1.69. The molecule has 0 radical (unpaired) electrons. The van der Waals surface area contributed by atoms with Crippen molar-refractivity contribution in [2.45, 2.75) is 71.4 Å². The number of sulfonamides is 1. The molecule has 2 aliphatic heterocycles. The fourth-order valence-electron chi connectivity index (χ4n) is 5.13. The van der Waals surface area contributed by atoms with E-state index in [1.54, 1.807) is 12.3 Å². The number of carbonyl (C=O) groups is 1. The van der Waals surface area contributed by atoms with Crippen molar-refractivity contribution in [1.82, 2.24) is 19.7 Å². The number of Topliss-reactive ketones (excluding diaryl/α,β-unsaturated/α-hetero) is 1. The van der Waals surface area contributed by atoms with Crippen molar-refractivity contribution in [2.24, 2.45) is 17.3 Å². The van der Waals surface area contributed by atoms with E-state index in [-0.39, 0.29) is 46.6 Å². The SMILES string of the molecule is Cc1nn(C(F)F)cc1S(=O)(=O)N1C[C@@H](CN2CC[C@@H](O)C2)Cc2ncc(CC(=O)[C@@H](C)C(C)(C)C)cc21. The number of hydrogen-bond donors (Lipinski definition) is 1. The van der Waals surface area contributed by atoms with Crippen molar-refractivity contribution in [3.63, 3.8) is 0 Å². The molecule has 9 nitrogen and oxygen atoms in total. The van der Waals surface area contributed by atoms with E-state index >= 15 is 0 Å². The summed E-state index contributed by atoms with van der Waals surface area (Å²) in [6.45, 7) is 8.24. The maximum absolute atomic E-state index is 13.9. The lowest BCUT2D eigenvalue weighted by atomic mass is 9.78. The van der Waals surface area contributed by atoms with Gasteiger partial charge in [-0.25, -0.2) is 13.1 Å². The Bertz CT molecular complexity index is 1290. The third-order valence-electron chi connectivity index (χ3n) is 7.74. The summed E-state index contributed by atoms with van der Waals surface area (Å²) in [5.74, 6) is -0.292. The van der Waals surface area contributed by atoms with Gasteiger partial charge in [0.25, 0.3) is 10.0 Å². The monoisotopic (exact) mass is 553 g/mol. The highest BCUT2D eigenvalue weighted by atomic mass is 32.2. The number of fused-ring (bicyclic) bond motifs is 1. The molecule has 2 aromatic rings. The van der Waals surface area contributed by atoms with Gasteiger partial charge in [0.05, 0.1) is 29.4 Å². The predicted octanol–water partition coefficient (Wildman–Crippen LogP) is 3.21. The molecule has 4 rings (SSSR count). The van der Waals surface area contributed by atoms with Crippen LogP contribution in [-0.4, -0.2) is 71.3 Å². The van der Waals surface area contributed by atoms with E-state index in [1.165, 1.54) is 11.2 Å². The Morgan fingerprint density at radius 2 is 1.97 bits per heavy atom. The van der Waals surface area contributed by atoms with Crippen LogP contribution in [0.4, 0.5) is 14.5 Å². The minimum atomic E-state index is -4.26. The zero-order valence-corrected chi connectivity index (χ0v) is 23.4. The molecule has 2 aromatic heterocycles. The lowest BCUT2D eigenvalue weighted by molar-refractivity contribution is -0.124. The van der Waals surface area contributed by atoms with Crippen molar-refractivity contribution in [3.05, 3.63) is 35.4 Å². The summed E-state index contributed by atoms with van der Waals surface area (Å²) in [5.41, 5.74) is 1.30. The van der Waals surface area contributed by atoms with E-state index in [0.717, 1.165) is 12.7 Å². The fourth-order valence-corrected chi connectivity index (χ4v) is 6.85. The van der Waals surface area contributed by atoms with Crippen molar-refractivity contribution in [2.75, 3.05) is 30.5 Å². The normalized spacial score (nSPS) is 21.7. The first-order valence-corrected chi connectivity index (χ1v) is 14.4. The minimum Gasteiger partial charge on any atom is -0.392 e. The number of ketones is 1. The Morgan fingerprint density at radius 1 is 1.26 bits per heavy atom. The van der Waals surface area contributed by atoms with Crippen LogP contribution >= 0.6 is 0 Å². The van der Waals surface area contributed by atoms with Gasteiger partial charge in [-0.2, -0.15) is 13.9 Å². The molecule has 0 saturated carbocycles. The molecule has 4 heterocycles. The summed E-state index contributed by atoms with van der Waals surface area (Å²) in [5, 5.41) is 13.6. The summed E-state index contributed by atoms with van der Waals surface area (Å²) in [7, 11) is -4.26. The van der Waals surface area contributed by atoms with Gasteiger partial charge in [-0.3, -0.25) is 14.1 Å². The van der Waals surface area contributed by atoms with Gasteiger partial charge in [-0.05, 0) is 42.7 Å². The predicted molar refractivity (Wildman–Crippen MR) is 139 cm³/mol. The molecule has 1 N–H and O–H groups in total. The average molecular weight is 554 g/mol. The van der Waals surface area contributed by atoms with Crippen LogP contribution in [0.1, 0.15) is 57.6 Å². The van der Waals surface area contributed by atoms with Gasteiger partial charge < -0.3 is 10.0 Å². The Labute approximate surface area is 222 Å². The van der Waals surface area contributed by atoms with Crippen molar-refractivity contribution >= 4 is 21.5 Å². The standard InChI is InChI=1S/C26H37F2N5O4S/c1-16(26(3,4)5)23(35)10-18-9-22-21(29-11-18)8-19(12-31-7-6-20(34)14-31)13-33(22)38(36,37)24-15-32(25(27)28)30-17(24)2/h9,11,15-16,19-20,25,34H,6-8,10,12-14H2,1-5H3/t16-,19-,20-/m1/s1. The molecule has 0 aromatic carbocycles. The molecule has 0 bridgehead atoms. The molecule has 1 fully saturated rings. The number of β-amino-alcohol motifs (C(OH)–C–C–N with tert-alkyl or cyclic N) is 1. The van der Waals surface area contributed by atoms with Crippen LogP contribution in [0.5, 0.6) is 0 Å². The van der Waals surface area contributed by atoms with Gasteiger partial charge in [-0.1, -0.05) is 27.7 Å². The number of carbonyl (C=O) groups excluding carboxylic acids is 1. The zero-order chi connectivity index (χ0) is 28.0. The third-order valence-corrected chi connectivity index (χ3v) is 9.63. The van der Waals surface area contributed by atoms with Crippen molar-refractivity contribution in [1.29, 1.82) is 0 Å². The van der Waals surface area contributed by atoms with E-state index in [2.05, 4.69) is 15.0 Å². The summed E-state index contributed by atoms with van der Waals surface area (Å²) >= 11 is 0. The number of nitrogens with zero attached hydrogens (tertiary/aromatic N) is 5. The van der Waals surface area contributed by atoms with E-state index in [1.807, 2.05) is 27.7 Å². The van der Waals surface area contributed by atoms with Gasteiger partial charge in [-0.15, -0.1) is 0 Å². The van der Waals surface area contributed by atoms with Crippen LogP contribution in [0.25, 0.3) is 0 Å². The zero-order valence-electron chi connectivity index (χ0n) is 22.6. The maximum atomic E-state index is 13.9. The topological polar surface area (TPSA) is 109 Å². The third kappa shape index (κ3) is 5.91. The molecule has 0 aliphatic carbocycles. The first-order chi connectivity index (χ1) is 17.7. The lowest BCUT2D eigenvalue weighted by Gasteiger charge is -2.36. The van der Waals surface area contributed by atoms with E-state index in [0.29, 0.717) is 47.6 Å². The van der Waals surface area contributed by atoms with Crippen LogP contribution < -0.4 is 4.31 Å². The Hall–Kier alpha value is -2.44. The quantitative estimate of drug-likeness (QED) is 0.535. The number of aliphatic hydroxyl groups is 1. The summed E-state index contributed by atoms with van der Waals surface area (Å²) in [6.07, 6.45) is 3.39. The van der Waals surface area contributed by atoms with Crippen molar-refractivity contribution in [3.8, 4) is 0 Å².